The van der Waals surface area contributed by atoms with Crippen LogP contribution in [0.15, 0.2) is 54.2 Å². The summed E-state index contributed by atoms with van der Waals surface area (Å²) in [5.74, 6) is -0.0149. The van der Waals surface area contributed by atoms with E-state index in [0.717, 1.165) is 16.8 Å². The monoisotopic (exact) mass is 353 g/mol. The van der Waals surface area contributed by atoms with Crippen molar-refractivity contribution in [2.24, 2.45) is 10.7 Å². The molecule has 0 unspecified atom stereocenters. The molecule has 0 amide bonds. The van der Waals surface area contributed by atoms with Gasteiger partial charge in [0, 0.05) is 36.1 Å². The summed E-state index contributed by atoms with van der Waals surface area (Å²) in [6.07, 6.45) is 6.79. The third kappa shape index (κ3) is 2.96. The van der Waals surface area contributed by atoms with Crippen molar-refractivity contribution in [3.8, 4) is 11.1 Å². The van der Waals surface area contributed by atoms with Gasteiger partial charge in [-0.15, -0.1) is 0 Å². The zero-order valence-corrected chi connectivity index (χ0v) is 13.8. The zero-order valence-electron chi connectivity index (χ0n) is 13.0. The maximum absolute atomic E-state index is 14.5. The number of pyridine rings is 1. The predicted molar refractivity (Wildman–Crippen MR) is 93.8 cm³/mol. The largest absolute Gasteiger partial charge is 0.383 e. The molecule has 0 saturated carbocycles. The molecule has 5 nitrogen and oxygen atoms in total. The Balaban J connectivity index is 1.77. The predicted octanol–water partition coefficient (Wildman–Crippen LogP) is 3.33. The van der Waals surface area contributed by atoms with Gasteiger partial charge in [0.15, 0.2) is 0 Å². The first-order valence-electron chi connectivity index (χ1n) is 7.64. The van der Waals surface area contributed by atoms with Crippen LogP contribution in [0.4, 0.5) is 4.39 Å². The smallest absolute Gasteiger partial charge is 0.129 e. The molecule has 0 aliphatic carbocycles. The van der Waals surface area contributed by atoms with Crippen molar-refractivity contribution < 1.29 is 4.39 Å². The van der Waals surface area contributed by atoms with E-state index >= 15 is 0 Å². The Morgan fingerprint density at radius 3 is 2.80 bits per heavy atom. The highest BCUT2D eigenvalue weighted by atomic mass is 35.5. The van der Waals surface area contributed by atoms with Gasteiger partial charge in [0.05, 0.1) is 22.3 Å². The van der Waals surface area contributed by atoms with Gasteiger partial charge >= 0.3 is 0 Å². The normalized spacial score (nSPS) is 16.2. The minimum Gasteiger partial charge on any atom is -0.383 e. The highest BCUT2D eigenvalue weighted by Gasteiger charge is 2.24. The van der Waals surface area contributed by atoms with Crippen LogP contribution in [-0.2, 0) is 6.42 Å². The molecule has 124 valence electrons. The van der Waals surface area contributed by atoms with E-state index in [1.54, 1.807) is 36.8 Å². The summed E-state index contributed by atoms with van der Waals surface area (Å²) in [5, 5.41) is 0.522. The molecule has 7 heteroatoms. The van der Waals surface area contributed by atoms with Crippen LogP contribution in [0.2, 0.25) is 5.02 Å². The van der Waals surface area contributed by atoms with Gasteiger partial charge in [0.25, 0.3) is 0 Å². The number of hydrogen-bond donors (Lipinski definition) is 1. The maximum atomic E-state index is 14.5. The number of aliphatic imine (C=N–C) groups is 1. The molecule has 4 rings (SSSR count). The number of aromatic nitrogens is 3. The van der Waals surface area contributed by atoms with Crippen molar-refractivity contribution in [2.45, 2.75) is 12.5 Å². The molecule has 0 spiro atoms. The summed E-state index contributed by atoms with van der Waals surface area (Å²) in [6, 6.07) is 6.22. The molecule has 1 atom stereocenters. The topological polar surface area (TPSA) is 77.0 Å². The number of nitrogens with zero attached hydrogens (tertiary/aromatic N) is 4. The van der Waals surface area contributed by atoms with Crippen LogP contribution < -0.4 is 5.73 Å². The number of rotatable bonds is 2. The molecule has 1 aromatic carbocycles. The van der Waals surface area contributed by atoms with Crippen molar-refractivity contribution in [1.82, 2.24) is 15.0 Å². The van der Waals surface area contributed by atoms with Gasteiger partial charge in [-0.2, -0.15) is 0 Å². The lowest BCUT2D eigenvalue weighted by atomic mass is 9.94. The summed E-state index contributed by atoms with van der Waals surface area (Å²) < 4.78 is 14.5. The van der Waals surface area contributed by atoms with Crippen molar-refractivity contribution in [1.29, 1.82) is 0 Å². The molecule has 3 aromatic rings. The van der Waals surface area contributed by atoms with Crippen LogP contribution in [0, 0.1) is 5.82 Å². The minimum absolute atomic E-state index is 0.320. The Morgan fingerprint density at radius 1 is 1.08 bits per heavy atom. The second-order valence-corrected chi connectivity index (χ2v) is 6.18. The van der Waals surface area contributed by atoms with Crippen molar-refractivity contribution in [3.05, 3.63) is 76.8 Å². The van der Waals surface area contributed by atoms with Gasteiger partial charge in [-0.25, -0.2) is 14.4 Å². The molecule has 0 saturated heterocycles. The Morgan fingerprint density at radius 2 is 1.96 bits per heavy atom. The number of benzene rings is 1. The Hall–Kier alpha value is -2.86. The molecule has 2 aromatic heterocycles. The Bertz CT molecular complexity index is 989. The van der Waals surface area contributed by atoms with E-state index in [4.69, 9.17) is 17.3 Å². The number of fused-ring (bicyclic) bond motifs is 1. The fraction of sp³-hybridized carbons (Fsp3) is 0.111. The highest BCUT2D eigenvalue weighted by molar-refractivity contribution is 6.30. The van der Waals surface area contributed by atoms with Gasteiger partial charge in [0.1, 0.15) is 18.0 Å². The molecular weight excluding hydrogens is 341 g/mol. The van der Waals surface area contributed by atoms with Crippen molar-refractivity contribution in [2.75, 3.05) is 0 Å². The highest BCUT2D eigenvalue weighted by Crippen LogP contribution is 2.32. The summed E-state index contributed by atoms with van der Waals surface area (Å²) >= 11 is 6.00. The quantitative estimate of drug-likeness (QED) is 0.766. The van der Waals surface area contributed by atoms with E-state index in [2.05, 4.69) is 19.9 Å². The first kappa shape index (κ1) is 15.7. The van der Waals surface area contributed by atoms with E-state index in [-0.39, 0.29) is 5.82 Å². The molecule has 0 bridgehead atoms. The lowest BCUT2D eigenvalue weighted by molar-refractivity contribution is 0.575. The van der Waals surface area contributed by atoms with Crippen LogP contribution in [0.5, 0.6) is 0 Å². The van der Waals surface area contributed by atoms with Crippen LogP contribution in [-0.4, -0.2) is 20.8 Å². The van der Waals surface area contributed by atoms with Crippen LogP contribution in [0.3, 0.4) is 0 Å². The average Bonchev–Trinajstić information content (AvgIpc) is 2.62. The first-order valence-corrected chi connectivity index (χ1v) is 8.02. The van der Waals surface area contributed by atoms with Crippen LogP contribution in [0.1, 0.15) is 22.9 Å². The molecule has 25 heavy (non-hydrogen) atoms. The minimum atomic E-state index is -0.436. The van der Waals surface area contributed by atoms with Crippen molar-refractivity contribution >= 4 is 17.4 Å². The molecular formula is C18H13ClFN5. The average molecular weight is 354 g/mol. The zero-order chi connectivity index (χ0) is 17.4. The molecule has 1 aliphatic heterocycles. The molecule has 2 N–H and O–H groups in total. The molecule has 0 radical (unpaired) electrons. The Kier molecular flexibility index (Phi) is 3.89. The third-order valence-corrected chi connectivity index (χ3v) is 4.35. The lowest BCUT2D eigenvalue weighted by Gasteiger charge is -2.21. The second-order valence-electron chi connectivity index (χ2n) is 5.75. The van der Waals surface area contributed by atoms with E-state index in [1.165, 1.54) is 12.4 Å². The van der Waals surface area contributed by atoms with Gasteiger partial charge in [-0.05, 0) is 23.8 Å². The number of halogens is 2. The van der Waals surface area contributed by atoms with Crippen LogP contribution in [0.25, 0.3) is 11.1 Å². The summed E-state index contributed by atoms with van der Waals surface area (Å²) in [6.45, 7) is 0. The fourth-order valence-electron chi connectivity index (χ4n) is 2.93. The maximum Gasteiger partial charge on any atom is 0.129 e. The summed E-state index contributed by atoms with van der Waals surface area (Å²) in [5.41, 5.74) is 9.57. The first-order chi connectivity index (χ1) is 12.1. The van der Waals surface area contributed by atoms with Gasteiger partial charge < -0.3 is 5.73 Å². The summed E-state index contributed by atoms with van der Waals surface area (Å²) in [7, 11) is 0. The standard InChI is InChI=1S/C18H13ClFN5/c19-12-3-11(6-22-7-12)10-1-2-15(20)13(4-10)17-5-16-14(18(21)25-17)8-23-9-24-16/h1-4,6-9,17H,5H2,(H2,21,25)/t17-/m0/s1. The molecule has 3 heterocycles. The summed E-state index contributed by atoms with van der Waals surface area (Å²) in [4.78, 5) is 16.7. The molecule has 1 aliphatic rings. The second kappa shape index (κ2) is 6.22. The Labute approximate surface area is 148 Å². The number of hydrogen-bond acceptors (Lipinski definition) is 5. The van der Waals surface area contributed by atoms with E-state index < -0.39 is 6.04 Å². The third-order valence-electron chi connectivity index (χ3n) is 4.15. The van der Waals surface area contributed by atoms with Gasteiger partial charge in [0.2, 0.25) is 0 Å². The number of amidine groups is 1. The van der Waals surface area contributed by atoms with E-state index in [9.17, 15) is 4.39 Å². The van der Waals surface area contributed by atoms with E-state index in [1.807, 2.05) is 0 Å². The van der Waals surface area contributed by atoms with Gasteiger partial charge in [-0.1, -0.05) is 17.7 Å². The number of nitrogens with two attached hydrogens (primary N) is 1. The molecule has 0 fully saturated rings. The van der Waals surface area contributed by atoms with Crippen LogP contribution >= 0.6 is 11.6 Å². The van der Waals surface area contributed by atoms with E-state index in [0.29, 0.717) is 28.4 Å². The SMILES string of the molecule is NC1=N[C@H](c2cc(-c3cncc(Cl)c3)ccc2F)Cc2ncncc21. The van der Waals surface area contributed by atoms with Crippen molar-refractivity contribution in [3.63, 3.8) is 0 Å². The van der Waals surface area contributed by atoms with Gasteiger partial charge in [-0.3, -0.25) is 9.98 Å². The fourth-order valence-corrected chi connectivity index (χ4v) is 3.10. The lowest BCUT2D eigenvalue weighted by Crippen LogP contribution is -2.24.